The largest absolute Gasteiger partial charge is 0.352 e. The minimum Gasteiger partial charge on any atom is -0.352 e. The molecule has 13 heavy (non-hydrogen) atoms. The molecule has 3 nitrogen and oxygen atoms in total. The molecule has 0 saturated carbocycles. The van der Waals surface area contributed by atoms with Crippen molar-refractivity contribution in [1.29, 1.82) is 0 Å². The van der Waals surface area contributed by atoms with Gasteiger partial charge in [0.2, 0.25) is 5.91 Å². The van der Waals surface area contributed by atoms with Gasteiger partial charge in [0.25, 0.3) is 0 Å². The predicted molar refractivity (Wildman–Crippen MR) is 53.5 cm³/mol. The van der Waals surface area contributed by atoms with Gasteiger partial charge >= 0.3 is 0 Å². The summed E-state index contributed by atoms with van der Waals surface area (Å²) in [6, 6.07) is 0.346. The molecule has 1 saturated heterocycles. The van der Waals surface area contributed by atoms with Gasteiger partial charge in [-0.1, -0.05) is 20.8 Å². The monoisotopic (exact) mass is 184 g/mol. The van der Waals surface area contributed by atoms with Gasteiger partial charge in [0.05, 0.1) is 0 Å². The normalized spacial score (nSPS) is 23.2. The van der Waals surface area contributed by atoms with E-state index in [4.69, 9.17) is 0 Å². The number of carbonyl (C=O) groups is 1. The number of hydrogen-bond donors (Lipinski definition) is 2. The fourth-order valence-electron chi connectivity index (χ4n) is 1.32. The molecule has 0 spiro atoms. The van der Waals surface area contributed by atoms with Crippen LogP contribution in [0.25, 0.3) is 0 Å². The van der Waals surface area contributed by atoms with E-state index >= 15 is 0 Å². The van der Waals surface area contributed by atoms with Crippen LogP contribution in [-0.4, -0.2) is 25.0 Å². The van der Waals surface area contributed by atoms with Crippen molar-refractivity contribution in [2.75, 3.05) is 13.1 Å². The van der Waals surface area contributed by atoms with E-state index in [2.05, 4.69) is 10.6 Å². The highest BCUT2D eigenvalue weighted by Gasteiger charge is 2.27. The van der Waals surface area contributed by atoms with Gasteiger partial charge in [0.1, 0.15) is 0 Å². The first kappa shape index (κ1) is 10.5. The summed E-state index contributed by atoms with van der Waals surface area (Å²) in [6.07, 6.45) is 1.95. The van der Waals surface area contributed by atoms with E-state index in [1.807, 2.05) is 20.8 Å². The van der Waals surface area contributed by atoms with Crippen molar-refractivity contribution in [3.05, 3.63) is 0 Å². The number of rotatable bonds is 3. The van der Waals surface area contributed by atoms with Crippen molar-refractivity contribution in [2.24, 2.45) is 5.41 Å². The first-order chi connectivity index (χ1) is 6.06. The summed E-state index contributed by atoms with van der Waals surface area (Å²) in [5, 5.41) is 6.30. The molecule has 0 aromatic heterocycles. The first-order valence-corrected chi connectivity index (χ1v) is 5.08. The lowest BCUT2D eigenvalue weighted by atomic mass is 9.89. The molecule has 76 valence electrons. The average molecular weight is 184 g/mol. The van der Waals surface area contributed by atoms with Crippen LogP contribution in [0, 0.1) is 5.41 Å². The van der Waals surface area contributed by atoms with Crippen molar-refractivity contribution in [1.82, 2.24) is 10.6 Å². The summed E-state index contributed by atoms with van der Waals surface area (Å²) in [7, 11) is 0. The summed E-state index contributed by atoms with van der Waals surface area (Å²) in [5.41, 5.74) is -0.220. The molecule has 0 aromatic rings. The molecule has 2 N–H and O–H groups in total. The Bertz CT molecular complexity index is 183. The predicted octanol–water partition coefficient (Wildman–Crippen LogP) is 0.901. The molecule has 1 aliphatic heterocycles. The quantitative estimate of drug-likeness (QED) is 0.684. The van der Waals surface area contributed by atoms with Gasteiger partial charge in [0, 0.05) is 18.0 Å². The molecule has 3 heteroatoms. The van der Waals surface area contributed by atoms with Crippen LogP contribution in [0.4, 0.5) is 0 Å². The lowest BCUT2D eigenvalue weighted by molar-refractivity contribution is -0.130. The molecule has 0 aliphatic carbocycles. The minimum atomic E-state index is -0.220. The van der Waals surface area contributed by atoms with Crippen LogP contribution in [0.1, 0.15) is 33.6 Å². The van der Waals surface area contributed by atoms with E-state index in [9.17, 15) is 4.79 Å². The summed E-state index contributed by atoms with van der Waals surface area (Å²) < 4.78 is 0. The van der Waals surface area contributed by atoms with Crippen LogP contribution in [0.15, 0.2) is 0 Å². The lowest BCUT2D eigenvalue weighted by Crippen LogP contribution is -2.43. The van der Waals surface area contributed by atoms with Crippen LogP contribution in [-0.2, 0) is 4.79 Å². The van der Waals surface area contributed by atoms with Crippen molar-refractivity contribution in [3.63, 3.8) is 0 Å². The smallest absolute Gasteiger partial charge is 0.225 e. The second kappa shape index (κ2) is 4.09. The van der Waals surface area contributed by atoms with E-state index in [0.717, 1.165) is 25.9 Å². The van der Waals surface area contributed by atoms with Gasteiger partial charge in [-0.2, -0.15) is 0 Å². The highest BCUT2D eigenvalue weighted by atomic mass is 16.2. The third-order valence-corrected chi connectivity index (χ3v) is 2.89. The maximum absolute atomic E-state index is 11.7. The fourth-order valence-corrected chi connectivity index (χ4v) is 1.32. The van der Waals surface area contributed by atoms with Crippen molar-refractivity contribution >= 4 is 5.91 Å². The Hall–Kier alpha value is -0.570. The zero-order valence-electron chi connectivity index (χ0n) is 8.81. The Balaban J connectivity index is 2.39. The first-order valence-electron chi connectivity index (χ1n) is 5.08. The van der Waals surface area contributed by atoms with Crippen LogP contribution in [0.3, 0.4) is 0 Å². The zero-order valence-corrected chi connectivity index (χ0v) is 8.81. The molecule has 1 atom stereocenters. The standard InChI is InChI=1S/C10H20N2O/c1-4-10(2,3)9(13)12-8-5-6-11-7-8/h8,11H,4-7H2,1-3H3,(H,12,13). The molecule has 1 unspecified atom stereocenters. The topological polar surface area (TPSA) is 41.1 Å². The fraction of sp³-hybridized carbons (Fsp3) is 0.900. The number of carbonyl (C=O) groups excluding carboxylic acids is 1. The van der Waals surface area contributed by atoms with Gasteiger partial charge in [0.15, 0.2) is 0 Å². The van der Waals surface area contributed by atoms with Crippen LogP contribution in [0.5, 0.6) is 0 Å². The number of amides is 1. The summed E-state index contributed by atoms with van der Waals surface area (Å²) >= 11 is 0. The molecular weight excluding hydrogens is 164 g/mol. The van der Waals surface area contributed by atoms with E-state index in [1.165, 1.54) is 0 Å². The maximum atomic E-state index is 11.7. The summed E-state index contributed by atoms with van der Waals surface area (Å²) in [5.74, 6) is 0.184. The maximum Gasteiger partial charge on any atom is 0.225 e. The van der Waals surface area contributed by atoms with Gasteiger partial charge in [-0.3, -0.25) is 4.79 Å². The summed E-state index contributed by atoms with van der Waals surface area (Å²) in [6.45, 7) is 7.98. The van der Waals surface area contributed by atoms with Crippen LogP contribution < -0.4 is 10.6 Å². The van der Waals surface area contributed by atoms with Crippen molar-refractivity contribution in [2.45, 2.75) is 39.7 Å². The minimum absolute atomic E-state index is 0.184. The van der Waals surface area contributed by atoms with Crippen LogP contribution >= 0.6 is 0 Å². The Kier molecular flexibility index (Phi) is 3.31. The third kappa shape index (κ3) is 2.69. The number of hydrogen-bond acceptors (Lipinski definition) is 2. The SMILES string of the molecule is CCC(C)(C)C(=O)NC1CCNC1. The molecule has 0 aromatic carbocycles. The van der Waals surface area contributed by atoms with Gasteiger partial charge < -0.3 is 10.6 Å². The third-order valence-electron chi connectivity index (χ3n) is 2.89. The molecule has 1 aliphatic rings. The Morgan fingerprint density at radius 2 is 2.31 bits per heavy atom. The van der Waals surface area contributed by atoms with E-state index in [1.54, 1.807) is 0 Å². The Labute approximate surface area is 80.3 Å². The van der Waals surface area contributed by atoms with Crippen molar-refractivity contribution in [3.8, 4) is 0 Å². The average Bonchev–Trinajstić information content (AvgIpc) is 2.57. The Morgan fingerprint density at radius 1 is 1.62 bits per heavy atom. The lowest BCUT2D eigenvalue weighted by Gasteiger charge is -2.23. The second-order valence-electron chi connectivity index (χ2n) is 4.40. The highest BCUT2D eigenvalue weighted by Crippen LogP contribution is 2.19. The molecule has 0 radical (unpaired) electrons. The van der Waals surface area contributed by atoms with Crippen molar-refractivity contribution < 1.29 is 4.79 Å². The molecule has 1 heterocycles. The molecular formula is C10H20N2O. The van der Waals surface area contributed by atoms with Crippen LogP contribution in [0.2, 0.25) is 0 Å². The highest BCUT2D eigenvalue weighted by molar-refractivity contribution is 5.82. The zero-order chi connectivity index (χ0) is 9.90. The number of nitrogens with one attached hydrogen (secondary N) is 2. The van der Waals surface area contributed by atoms with Gasteiger partial charge in [-0.25, -0.2) is 0 Å². The van der Waals surface area contributed by atoms with E-state index in [0.29, 0.717) is 6.04 Å². The van der Waals surface area contributed by atoms with E-state index < -0.39 is 0 Å². The van der Waals surface area contributed by atoms with E-state index in [-0.39, 0.29) is 11.3 Å². The molecule has 1 rings (SSSR count). The second-order valence-corrected chi connectivity index (χ2v) is 4.40. The molecule has 0 bridgehead atoms. The van der Waals surface area contributed by atoms with Gasteiger partial charge in [-0.05, 0) is 19.4 Å². The molecule has 1 amide bonds. The Morgan fingerprint density at radius 3 is 2.77 bits per heavy atom. The summed E-state index contributed by atoms with van der Waals surface area (Å²) in [4.78, 5) is 11.7. The van der Waals surface area contributed by atoms with Gasteiger partial charge in [-0.15, -0.1) is 0 Å². The molecule has 1 fully saturated rings.